The van der Waals surface area contributed by atoms with Crippen molar-refractivity contribution in [2.75, 3.05) is 33.2 Å². The molecule has 2 N–H and O–H groups in total. The fourth-order valence-corrected chi connectivity index (χ4v) is 3.42. The molecule has 0 aliphatic carbocycles. The number of nitrogens with zero attached hydrogens (tertiary/aromatic N) is 2. The van der Waals surface area contributed by atoms with Crippen LogP contribution >= 0.6 is 0 Å². The first-order chi connectivity index (χ1) is 9.00. The van der Waals surface area contributed by atoms with Crippen LogP contribution < -0.4 is 5.32 Å². The molecular weight excluding hydrogens is 266 g/mol. The van der Waals surface area contributed by atoms with Gasteiger partial charge in [-0.15, -0.1) is 0 Å². The summed E-state index contributed by atoms with van der Waals surface area (Å²) >= 11 is 0. The van der Waals surface area contributed by atoms with Crippen molar-refractivity contribution in [3.05, 3.63) is 29.8 Å². The molecule has 0 spiro atoms. The van der Waals surface area contributed by atoms with Crippen molar-refractivity contribution in [1.82, 2.24) is 13.9 Å². The number of phenols is 1. The van der Waals surface area contributed by atoms with Crippen LogP contribution in [0.5, 0.6) is 5.75 Å². The molecule has 1 heterocycles. The first kappa shape index (κ1) is 14.3. The maximum atomic E-state index is 12.3. The van der Waals surface area contributed by atoms with Crippen molar-refractivity contribution < 1.29 is 13.5 Å². The Labute approximate surface area is 113 Å². The summed E-state index contributed by atoms with van der Waals surface area (Å²) in [6, 6.07) is 6.64. The van der Waals surface area contributed by atoms with E-state index in [2.05, 4.69) is 5.32 Å². The molecule has 1 fully saturated rings. The van der Waals surface area contributed by atoms with Crippen molar-refractivity contribution >= 4 is 10.2 Å². The Hall–Kier alpha value is -1.15. The predicted molar refractivity (Wildman–Crippen MR) is 72.9 cm³/mol. The SMILES string of the molecule is CN(Cc1cccc(O)c1)S(=O)(=O)N1CCNCC1. The highest BCUT2D eigenvalue weighted by molar-refractivity contribution is 7.86. The largest absolute Gasteiger partial charge is 0.508 e. The lowest BCUT2D eigenvalue weighted by Crippen LogP contribution is -2.50. The van der Waals surface area contributed by atoms with E-state index in [9.17, 15) is 13.5 Å². The zero-order chi connectivity index (χ0) is 13.9. The second-order valence-corrected chi connectivity index (χ2v) is 6.62. The Kier molecular flexibility index (Phi) is 4.41. The molecule has 0 radical (unpaired) electrons. The Morgan fingerprint density at radius 1 is 1.37 bits per heavy atom. The molecule has 1 aliphatic heterocycles. The average Bonchev–Trinajstić information content (AvgIpc) is 2.39. The van der Waals surface area contributed by atoms with E-state index in [0.29, 0.717) is 26.2 Å². The van der Waals surface area contributed by atoms with E-state index in [1.807, 2.05) is 0 Å². The number of nitrogens with one attached hydrogen (secondary N) is 1. The summed E-state index contributed by atoms with van der Waals surface area (Å²) in [5.74, 6) is 0.144. The number of rotatable bonds is 4. The van der Waals surface area contributed by atoms with Crippen LogP contribution in [0.15, 0.2) is 24.3 Å². The number of hydrogen-bond acceptors (Lipinski definition) is 4. The summed E-state index contributed by atoms with van der Waals surface area (Å²) in [7, 11) is -1.87. The van der Waals surface area contributed by atoms with Gasteiger partial charge in [-0.1, -0.05) is 12.1 Å². The molecule has 0 saturated carbocycles. The van der Waals surface area contributed by atoms with Crippen molar-refractivity contribution in [3.63, 3.8) is 0 Å². The number of hydrogen-bond donors (Lipinski definition) is 2. The molecule has 2 rings (SSSR count). The van der Waals surface area contributed by atoms with Gasteiger partial charge in [-0.3, -0.25) is 0 Å². The zero-order valence-corrected chi connectivity index (χ0v) is 11.7. The van der Waals surface area contributed by atoms with Crippen LogP contribution in [-0.2, 0) is 16.8 Å². The number of benzene rings is 1. The monoisotopic (exact) mass is 285 g/mol. The molecule has 106 valence electrons. The first-order valence-electron chi connectivity index (χ1n) is 6.20. The van der Waals surface area contributed by atoms with Crippen molar-refractivity contribution in [3.8, 4) is 5.75 Å². The van der Waals surface area contributed by atoms with Crippen LogP contribution in [0.3, 0.4) is 0 Å². The average molecular weight is 285 g/mol. The highest BCUT2D eigenvalue weighted by Gasteiger charge is 2.27. The standard InChI is InChI=1S/C12H19N3O3S/c1-14(10-11-3-2-4-12(16)9-11)19(17,18)15-7-5-13-6-8-15/h2-4,9,13,16H,5-8,10H2,1H3. The lowest BCUT2D eigenvalue weighted by molar-refractivity contribution is 0.324. The zero-order valence-electron chi connectivity index (χ0n) is 10.9. The minimum absolute atomic E-state index is 0.144. The van der Waals surface area contributed by atoms with Gasteiger partial charge in [0.05, 0.1) is 0 Å². The van der Waals surface area contributed by atoms with Crippen molar-refractivity contribution in [2.45, 2.75) is 6.54 Å². The van der Waals surface area contributed by atoms with Gasteiger partial charge in [0, 0.05) is 39.8 Å². The summed E-state index contributed by atoms with van der Waals surface area (Å²) in [6.45, 7) is 2.60. The van der Waals surface area contributed by atoms with Crippen LogP contribution in [0.25, 0.3) is 0 Å². The van der Waals surface area contributed by atoms with E-state index in [4.69, 9.17) is 0 Å². The number of piperazine rings is 1. The summed E-state index contributed by atoms with van der Waals surface area (Å²) < 4.78 is 27.5. The molecule has 0 atom stereocenters. The fourth-order valence-electron chi connectivity index (χ4n) is 2.07. The molecule has 0 bridgehead atoms. The van der Waals surface area contributed by atoms with Crippen molar-refractivity contribution in [1.29, 1.82) is 0 Å². The van der Waals surface area contributed by atoms with Gasteiger partial charge in [-0.2, -0.15) is 17.0 Å². The molecule has 0 unspecified atom stereocenters. The van der Waals surface area contributed by atoms with E-state index in [-0.39, 0.29) is 12.3 Å². The summed E-state index contributed by atoms with van der Waals surface area (Å²) in [4.78, 5) is 0. The quantitative estimate of drug-likeness (QED) is 0.815. The minimum atomic E-state index is -3.43. The van der Waals surface area contributed by atoms with Gasteiger partial charge in [-0.25, -0.2) is 0 Å². The second kappa shape index (κ2) is 5.87. The first-order valence-corrected chi connectivity index (χ1v) is 7.60. The lowest BCUT2D eigenvalue weighted by atomic mass is 10.2. The Morgan fingerprint density at radius 3 is 2.68 bits per heavy atom. The van der Waals surface area contributed by atoms with Crippen LogP contribution in [0.4, 0.5) is 0 Å². The number of phenolic OH excluding ortho intramolecular Hbond substituents is 1. The predicted octanol–water partition coefficient (Wildman–Crippen LogP) is -0.0260. The van der Waals surface area contributed by atoms with Gasteiger partial charge in [0.15, 0.2) is 0 Å². The smallest absolute Gasteiger partial charge is 0.282 e. The summed E-state index contributed by atoms with van der Waals surface area (Å²) in [6.07, 6.45) is 0. The lowest BCUT2D eigenvalue weighted by Gasteiger charge is -2.30. The van der Waals surface area contributed by atoms with E-state index in [1.165, 1.54) is 8.61 Å². The highest BCUT2D eigenvalue weighted by Crippen LogP contribution is 2.15. The van der Waals surface area contributed by atoms with Crippen LogP contribution in [0, 0.1) is 0 Å². The Bertz CT molecular complexity index is 527. The van der Waals surface area contributed by atoms with Crippen molar-refractivity contribution in [2.24, 2.45) is 0 Å². The van der Waals surface area contributed by atoms with E-state index < -0.39 is 10.2 Å². The topological polar surface area (TPSA) is 72.9 Å². The van der Waals surface area contributed by atoms with Gasteiger partial charge in [-0.05, 0) is 17.7 Å². The van der Waals surface area contributed by atoms with E-state index in [1.54, 1.807) is 31.3 Å². The molecule has 1 aromatic rings. The normalized spacial score (nSPS) is 17.8. The van der Waals surface area contributed by atoms with Gasteiger partial charge in [0.2, 0.25) is 0 Å². The Balaban J connectivity index is 2.07. The molecule has 7 heteroatoms. The van der Waals surface area contributed by atoms with Crippen LogP contribution in [0.1, 0.15) is 5.56 Å². The summed E-state index contributed by atoms with van der Waals surface area (Å²) in [5, 5.41) is 12.5. The third-order valence-electron chi connectivity index (χ3n) is 3.11. The van der Waals surface area contributed by atoms with E-state index in [0.717, 1.165) is 5.56 Å². The molecule has 1 aromatic carbocycles. The van der Waals surface area contributed by atoms with Gasteiger partial charge >= 0.3 is 0 Å². The summed E-state index contributed by atoms with van der Waals surface area (Å²) in [5.41, 5.74) is 0.765. The van der Waals surface area contributed by atoms with Crippen LogP contribution in [-0.4, -0.2) is 55.4 Å². The molecule has 0 amide bonds. The van der Waals surface area contributed by atoms with Gasteiger partial charge < -0.3 is 10.4 Å². The molecule has 0 aromatic heterocycles. The number of aromatic hydroxyl groups is 1. The second-order valence-electron chi connectivity index (χ2n) is 4.58. The molecule has 19 heavy (non-hydrogen) atoms. The minimum Gasteiger partial charge on any atom is -0.508 e. The third-order valence-corrected chi connectivity index (χ3v) is 5.05. The maximum absolute atomic E-state index is 12.3. The molecule has 6 nitrogen and oxygen atoms in total. The maximum Gasteiger partial charge on any atom is 0.282 e. The van der Waals surface area contributed by atoms with Crippen LogP contribution in [0.2, 0.25) is 0 Å². The fraction of sp³-hybridized carbons (Fsp3) is 0.500. The molecule has 1 aliphatic rings. The van der Waals surface area contributed by atoms with E-state index >= 15 is 0 Å². The van der Waals surface area contributed by atoms with Gasteiger partial charge in [0.25, 0.3) is 10.2 Å². The Morgan fingerprint density at radius 2 is 2.05 bits per heavy atom. The molecule has 1 saturated heterocycles. The third kappa shape index (κ3) is 3.44. The highest BCUT2D eigenvalue weighted by atomic mass is 32.2. The van der Waals surface area contributed by atoms with Gasteiger partial charge in [0.1, 0.15) is 5.75 Å². The molecular formula is C12H19N3O3S.